The Bertz CT molecular complexity index is 3860. The topological polar surface area (TPSA) is 33.5 Å². The molecule has 5 nitrogen and oxygen atoms in total. The molecule has 0 saturated heterocycles. The van der Waals surface area contributed by atoms with Gasteiger partial charge in [-0.25, -0.2) is 4.98 Å². The van der Waals surface area contributed by atoms with Gasteiger partial charge in [0.25, 0.3) is 0 Å². The molecule has 0 bridgehead atoms. The number of hydrogen-bond donors (Lipinski definition) is 0. The molecule has 0 amide bonds. The molecule has 6 heteroatoms. The van der Waals surface area contributed by atoms with Crippen molar-refractivity contribution >= 4 is 44.6 Å². The molecule has 2 aromatic heterocycles. The summed E-state index contributed by atoms with van der Waals surface area (Å²) in [4.78, 5) is 9.71. The van der Waals surface area contributed by atoms with Crippen LogP contribution in [0.15, 0.2) is 188 Å². The van der Waals surface area contributed by atoms with E-state index in [-0.39, 0.29) is 53.6 Å². The van der Waals surface area contributed by atoms with Crippen molar-refractivity contribution in [3.05, 3.63) is 257 Å². The van der Waals surface area contributed by atoms with Crippen molar-refractivity contribution in [2.45, 2.75) is 136 Å². The molecular formula is C75H77N4OPt-3. The van der Waals surface area contributed by atoms with Crippen molar-refractivity contribution in [2.24, 2.45) is 0 Å². The van der Waals surface area contributed by atoms with Crippen molar-refractivity contribution in [2.75, 3.05) is 9.80 Å². The zero-order valence-corrected chi connectivity index (χ0v) is 52.3. The smallest absolute Gasteiger partial charge is 0.135 e. The standard InChI is InChI=1S/C75H77N4O.Pt/c1-70(2,3)53-31-35-65-64(44-53)63-34-33-61(48-67(63)79(65)69-46-54(37-38-76-69)71(4,5)6)80-62-43-56(72(7,8)9)40-60(47-62)78-49-77(66-36-32-55(45-68(66)78)73(10,11)50-25-19-16-20-26-50)59-41-57(74(12,13)51-27-21-17-22-28-51)39-58(42-59)75(14,15)52-29-23-18-24-30-52;/h16-46,49H,1-15H3;/q-3;. The summed E-state index contributed by atoms with van der Waals surface area (Å²) in [7, 11) is 0. The molecule has 0 fully saturated rings. The van der Waals surface area contributed by atoms with Crippen LogP contribution in [0, 0.1) is 18.8 Å². The maximum atomic E-state index is 7.09. The summed E-state index contributed by atoms with van der Waals surface area (Å²) in [5.41, 5.74) is 16.0. The molecule has 0 atom stereocenters. The van der Waals surface area contributed by atoms with Gasteiger partial charge in [0.15, 0.2) is 0 Å². The van der Waals surface area contributed by atoms with Crippen molar-refractivity contribution in [3.8, 4) is 17.3 Å². The average molecular weight is 1250 g/mol. The van der Waals surface area contributed by atoms with Crippen LogP contribution in [-0.2, 0) is 53.6 Å². The summed E-state index contributed by atoms with van der Waals surface area (Å²) in [6.07, 6.45) is 1.93. The van der Waals surface area contributed by atoms with Crippen LogP contribution >= 0.6 is 0 Å². The fourth-order valence-electron chi connectivity index (χ4n) is 11.4. The molecule has 3 heterocycles. The fourth-order valence-corrected chi connectivity index (χ4v) is 11.4. The molecule has 8 aromatic carbocycles. The summed E-state index contributed by atoms with van der Waals surface area (Å²) >= 11 is 0. The number of rotatable bonds is 11. The molecule has 0 spiro atoms. The zero-order valence-electron chi connectivity index (χ0n) is 50.0. The second-order valence-corrected chi connectivity index (χ2v) is 26.8. The van der Waals surface area contributed by atoms with Gasteiger partial charge in [-0.15, -0.1) is 53.6 Å². The van der Waals surface area contributed by atoms with Gasteiger partial charge in [0.2, 0.25) is 0 Å². The van der Waals surface area contributed by atoms with Crippen molar-refractivity contribution in [1.82, 2.24) is 9.55 Å². The Morgan fingerprint density at radius 2 is 0.926 bits per heavy atom. The van der Waals surface area contributed by atoms with Gasteiger partial charge in [0, 0.05) is 77.6 Å². The van der Waals surface area contributed by atoms with E-state index in [0.29, 0.717) is 11.5 Å². The second-order valence-electron chi connectivity index (χ2n) is 26.8. The Kier molecular flexibility index (Phi) is 14.8. The summed E-state index contributed by atoms with van der Waals surface area (Å²) < 4.78 is 9.34. The number of nitrogens with zero attached hydrogens (tertiary/aromatic N) is 4. The summed E-state index contributed by atoms with van der Waals surface area (Å²) in [5, 5.41) is 2.26. The van der Waals surface area contributed by atoms with Crippen LogP contribution < -0.4 is 14.5 Å². The first-order chi connectivity index (χ1) is 37.8. The number of hydrogen-bond acceptors (Lipinski definition) is 4. The van der Waals surface area contributed by atoms with Gasteiger partial charge in [-0.3, -0.25) is 0 Å². The minimum absolute atomic E-state index is 0. The van der Waals surface area contributed by atoms with Gasteiger partial charge in [-0.1, -0.05) is 225 Å². The number of benzene rings is 8. The molecule has 0 N–H and O–H groups in total. The zero-order chi connectivity index (χ0) is 56.7. The van der Waals surface area contributed by atoms with E-state index in [2.05, 4.69) is 319 Å². The molecule has 81 heavy (non-hydrogen) atoms. The number of anilines is 4. The third-order valence-electron chi connectivity index (χ3n) is 17.1. The maximum Gasteiger partial charge on any atom is 0.135 e. The van der Waals surface area contributed by atoms with E-state index in [1.165, 1.54) is 44.5 Å². The van der Waals surface area contributed by atoms with Crippen LogP contribution in [0.3, 0.4) is 0 Å². The Labute approximate surface area is 497 Å². The molecule has 0 unspecified atom stereocenters. The predicted octanol–water partition coefficient (Wildman–Crippen LogP) is 19.8. The van der Waals surface area contributed by atoms with Gasteiger partial charge in [0.05, 0.1) is 0 Å². The minimum Gasteiger partial charge on any atom is -0.509 e. The molecular weight excluding hydrogens is 1170 g/mol. The predicted molar refractivity (Wildman–Crippen MR) is 336 cm³/mol. The first-order valence-corrected chi connectivity index (χ1v) is 28.4. The molecule has 0 aliphatic carbocycles. The van der Waals surface area contributed by atoms with E-state index < -0.39 is 0 Å². The van der Waals surface area contributed by atoms with Crippen LogP contribution in [0.5, 0.6) is 11.5 Å². The van der Waals surface area contributed by atoms with Crippen molar-refractivity contribution < 1.29 is 25.8 Å². The molecule has 1 aliphatic rings. The van der Waals surface area contributed by atoms with E-state index in [9.17, 15) is 0 Å². The minimum atomic E-state index is -0.303. The maximum absolute atomic E-state index is 7.09. The van der Waals surface area contributed by atoms with Gasteiger partial charge in [-0.2, -0.15) is 6.07 Å². The van der Waals surface area contributed by atoms with E-state index in [1.807, 2.05) is 6.20 Å². The molecule has 1 aliphatic heterocycles. The molecule has 0 radical (unpaired) electrons. The monoisotopic (exact) mass is 1240 g/mol. The van der Waals surface area contributed by atoms with Crippen LogP contribution in [0.2, 0.25) is 0 Å². The van der Waals surface area contributed by atoms with Crippen LogP contribution in [0.1, 0.15) is 154 Å². The SMILES string of the molecule is CC(C)(C)c1cc(Oc2[c-]c3c(cc2)c2cc(C(C)(C)C)ccc2n3-c2cc(C(C)(C)C)ccn2)[c-]c(N2[CH-]N(c3cc(C(C)(C)c4ccccc4)cc(C(C)(C)c4ccccc4)c3)c3ccc(C(C)(C)c4ccccc4)cc32)c1.[Pt]. The first-order valence-electron chi connectivity index (χ1n) is 28.4. The fraction of sp³-hybridized carbons (Fsp3) is 0.280. The summed E-state index contributed by atoms with van der Waals surface area (Å²) in [6, 6.07) is 74.4. The number of aromatic nitrogens is 2. The molecule has 0 saturated carbocycles. The van der Waals surface area contributed by atoms with Crippen molar-refractivity contribution in [1.29, 1.82) is 0 Å². The Balaban J connectivity index is 0.00000736. The Hall–Kier alpha value is -7.20. The average Bonchev–Trinajstić information content (AvgIpc) is 4.06. The van der Waals surface area contributed by atoms with Gasteiger partial charge in [-0.05, 0) is 109 Å². The molecule has 11 rings (SSSR count). The van der Waals surface area contributed by atoms with Crippen LogP contribution in [0.4, 0.5) is 22.7 Å². The number of pyridine rings is 1. The second kappa shape index (κ2) is 21.0. The third kappa shape index (κ3) is 10.8. The Morgan fingerprint density at radius 3 is 1.48 bits per heavy atom. The normalized spacial score (nSPS) is 13.4. The Morgan fingerprint density at radius 1 is 0.395 bits per heavy atom. The number of ether oxygens (including phenoxy) is 1. The van der Waals surface area contributed by atoms with E-state index in [1.54, 1.807) is 0 Å². The van der Waals surface area contributed by atoms with E-state index in [0.717, 1.165) is 55.9 Å². The van der Waals surface area contributed by atoms with Gasteiger partial charge >= 0.3 is 0 Å². The molecule has 416 valence electrons. The van der Waals surface area contributed by atoms with Gasteiger partial charge in [0.1, 0.15) is 5.82 Å². The molecule has 10 aromatic rings. The first kappa shape index (κ1) is 57.0. The van der Waals surface area contributed by atoms with Gasteiger partial charge < -0.3 is 19.1 Å². The number of fused-ring (bicyclic) bond motifs is 4. The summed E-state index contributed by atoms with van der Waals surface area (Å²) in [5.74, 6) is 2.07. The quantitative estimate of drug-likeness (QED) is 0.121. The summed E-state index contributed by atoms with van der Waals surface area (Å²) in [6.45, 7) is 36.6. The van der Waals surface area contributed by atoms with Crippen LogP contribution in [-0.4, -0.2) is 9.55 Å². The largest absolute Gasteiger partial charge is 0.509 e. The van der Waals surface area contributed by atoms with Crippen LogP contribution in [0.25, 0.3) is 27.6 Å². The van der Waals surface area contributed by atoms with E-state index >= 15 is 0 Å². The van der Waals surface area contributed by atoms with E-state index in [4.69, 9.17) is 9.72 Å². The third-order valence-corrected chi connectivity index (χ3v) is 17.1. The van der Waals surface area contributed by atoms with Crippen molar-refractivity contribution in [3.63, 3.8) is 0 Å².